The van der Waals surface area contributed by atoms with E-state index in [1.807, 2.05) is 45.1 Å². The quantitative estimate of drug-likeness (QED) is 0.447. The van der Waals surface area contributed by atoms with Crippen LogP contribution in [0.25, 0.3) is 22.3 Å². The molecular weight excluding hydrogens is 405 g/mol. The van der Waals surface area contributed by atoms with E-state index in [9.17, 15) is 9.50 Å². The van der Waals surface area contributed by atoms with E-state index in [1.165, 1.54) is 11.6 Å². The van der Waals surface area contributed by atoms with E-state index in [4.69, 9.17) is 4.98 Å². The molecule has 0 aliphatic rings. The summed E-state index contributed by atoms with van der Waals surface area (Å²) in [5.74, 6) is 0.732. The van der Waals surface area contributed by atoms with Gasteiger partial charge in [0.15, 0.2) is 5.82 Å². The topological polar surface area (TPSA) is 70.0 Å². The molecule has 2 aromatic heterocycles. The number of fused-ring (bicyclic) bond motifs is 1. The van der Waals surface area contributed by atoms with E-state index in [0.717, 1.165) is 28.0 Å². The summed E-state index contributed by atoms with van der Waals surface area (Å²) in [4.78, 5) is 9.92. The van der Waals surface area contributed by atoms with Crippen LogP contribution in [0.1, 0.15) is 30.8 Å². The Labute approximate surface area is 187 Å². The van der Waals surface area contributed by atoms with Gasteiger partial charge in [-0.15, -0.1) is 0 Å². The fourth-order valence-electron chi connectivity index (χ4n) is 3.78. The van der Waals surface area contributed by atoms with Gasteiger partial charge in [0.05, 0.1) is 12.1 Å². The first-order chi connectivity index (χ1) is 15.2. The number of aromatic nitrogens is 4. The van der Waals surface area contributed by atoms with Gasteiger partial charge in [-0.1, -0.05) is 26.0 Å². The van der Waals surface area contributed by atoms with Gasteiger partial charge < -0.3 is 15.0 Å². The highest BCUT2D eigenvalue weighted by Gasteiger charge is 2.23. The average Bonchev–Trinajstić information content (AvgIpc) is 3.31. The van der Waals surface area contributed by atoms with E-state index in [1.54, 1.807) is 10.7 Å². The van der Waals surface area contributed by atoms with Gasteiger partial charge in [-0.25, -0.2) is 14.1 Å². The van der Waals surface area contributed by atoms with Crippen LogP contribution in [0.2, 0.25) is 0 Å². The number of rotatable bonds is 7. The summed E-state index contributed by atoms with van der Waals surface area (Å²) in [7, 11) is 3.75. The Kier molecular flexibility index (Phi) is 5.77. The van der Waals surface area contributed by atoms with Crippen LogP contribution in [0.5, 0.6) is 0 Å². The second kappa shape index (κ2) is 8.39. The zero-order chi connectivity index (χ0) is 23.0. The molecule has 7 heteroatoms. The first kappa shape index (κ1) is 22.0. The molecule has 0 atom stereocenters. The van der Waals surface area contributed by atoms with Gasteiger partial charge in [-0.3, -0.25) is 0 Å². The fourth-order valence-corrected chi connectivity index (χ4v) is 3.78. The van der Waals surface area contributed by atoms with Crippen LogP contribution in [0, 0.1) is 18.2 Å². The Balaban J connectivity index is 1.76. The smallest absolute Gasteiger partial charge is 0.184 e. The lowest BCUT2D eigenvalue weighted by Gasteiger charge is -2.22. The van der Waals surface area contributed by atoms with Crippen molar-refractivity contribution in [1.29, 1.82) is 0 Å². The highest BCUT2D eigenvalue weighted by Crippen LogP contribution is 2.28. The minimum Gasteiger partial charge on any atom is -0.396 e. The Morgan fingerprint density at radius 1 is 1.16 bits per heavy atom. The lowest BCUT2D eigenvalue weighted by Crippen LogP contribution is -2.25. The molecule has 0 aliphatic carbocycles. The van der Waals surface area contributed by atoms with Crippen molar-refractivity contribution in [3.8, 4) is 11.4 Å². The number of benzene rings is 2. The van der Waals surface area contributed by atoms with Gasteiger partial charge in [0.25, 0.3) is 0 Å². The molecule has 0 amide bonds. The van der Waals surface area contributed by atoms with Crippen molar-refractivity contribution in [2.24, 2.45) is 5.41 Å². The second-order valence-electron chi connectivity index (χ2n) is 9.43. The average molecular weight is 436 g/mol. The Morgan fingerprint density at radius 2 is 1.94 bits per heavy atom. The Morgan fingerprint density at radius 3 is 2.62 bits per heavy atom. The van der Waals surface area contributed by atoms with Crippen LogP contribution in [0.3, 0.4) is 0 Å². The zero-order valence-corrected chi connectivity index (χ0v) is 19.3. The van der Waals surface area contributed by atoms with E-state index in [2.05, 4.69) is 35.2 Å². The third-order valence-corrected chi connectivity index (χ3v) is 5.74. The molecule has 0 unspecified atom stereocenters. The molecule has 2 N–H and O–H groups in total. The number of hydrogen-bond donors (Lipinski definition) is 2. The Hall–Kier alpha value is -3.19. The molecule has 0 spiro atoms. The van der Waals surface area contributed by atoms with Crippen LogP contribution in [0.4, 0.5) is 10.1 Å². The molecule has 32 heavy (non-hydrogen) atoms. The molecule has 0 bridgehead atoms. The van der Waals surface area contributed by atoms with Crippen LogP contribution >= 0.6 is 0 Å². The van der Waals surface area contributed by atoms with Crippen molar-refractivity contribution in [3.05, 3.63) is 65.4 Å². The molecule has 4 rings (SSSR count). The largest absolute Gasteiger partial charge is 0.396 e. The summed E-state index contributed by atoms with van der Waals surface area (Å²) in [6, 6.07) is 11.4. The zero-order valence-electron chi connectivity index (χ0n) is 19.3. The second-order valence-corrected chi connectivity index (χ2v) is 9.43. The van der Waals surface area contributed by atoms with Gasteiger partial charge >= 0.3 is 0 Å². The lowest BCUT2D eigenvalue weighted by atomic mass is 9.95. The number of H-pyrrole nitrogens is 1. The fraction of sp³-hybridized carbons (Fsp3) is 0.360. The molecule has 168 valence electrons. The minimum absolute atomic E-state index is 0.0138. The van der Waals surface area contributed by atoms with Crippen molar-refractivity contribution < 1.29 is 9.50 Å². The molecule has 4 aromatic rings. The van der Waals surface area contributed by atoms with Crippen molar-refractivity contribution >= 4 is 16.6 Å². The van der Waals surface area contributed by atoms with E-state index in [0.29, 0.717) is 24.4 Å². The SMILES string of the molecule is Cc1ccc2c(Cc3nc(-c4ccc(N(C)C)cc4F)nn3CC(C)(C)CO)c[nH]c2c1. The number of aliphatic hydroxyl groups is 1. The summed E-state index contributed by atoms with van der Waals surface area (Å²) in [5, 5.41) is 15.6. The molecule has 0 aliphatic heterocycles. The molecule has 2 heterocycles. The number of anilines is 1. The summed E-state index contributed by atoms with van der Waals surface area (Å²) in [6.07, 6.45) is 2.54. The van der Waals surface area contributed by atoms with E-state index < -0.39 is 0 Å². The van der Waals surface area contributed by atoms with Crippen molar-refractivity contribution in [3.63, 3.8) is 0 Å². The number of halogens is 1. The number of aliphatic hydroxyl groups excluding tert-OH is 1. The monoisotopic (exact) mass is 435 g/mol. The molecule has 0 saturated heterocycles. The van der Waals surface area contributed by atoms with Gasteiger partial charge in [0, 0.05) is 55.3 Å². The van der Waals surface area contributed by atoms with Gasteiger partial charge in [0.1, 0.15) is 11.6 Å². The Bertz CT molecular complexity index is 1250. The first-order valence-corrected chi connectivity index (χ1v) is 10.8. The molecule has 6 nitrogen and oxygen atoms in total. The van der Waals surface area contributed by atoms with E-state index in [-0.39, 0.29) is 17.8 Å². The van der Waals surface area contributed by atoms with Gasteiger partial charge in [-0.05, 0) is 42.3 Å². The summed E-state index contributed by atoms with van der Waals surface area (Å²) < 4.78 is 16.7. The minimum atomic E-state index is -0.385. The summed E-state index contributed by atoms with van der Waals surface area (Å²) in [6.45, 7) is 6.50. The molecule has 0 saturated carbocycles. The lowest BCUT2D eigenvalue weighted by molar-refractivity contribution is 0.135. The highest BCUT2D eigenvalue weighted by molar-refractivity contribution is 5.84. The van der Waals surface area contributed by atoms with Crippen molar-refractivity contribution in [2.45, 2.75) is 33.7 Å². The third-order valence-electron chi connectivity index (χ3n) is 5.74. The first-order valence-electron chi connectivity index (χ1n) is 10.8. The number of nitrogens with zero attached hydrogens (tertiary/aromatic N) is 4. The molecule has 2 aromatic carbocycles. The highest BCUT2D eigenvalue weighted by atomic mass is 19.1. The molecule has 0 radical (unpaired) electrons. The number of hydrogen-bond acceptors (Lipinski definition) is 4. The van der Waals surface area contributed by atoms with E-state index >= 15 is 0 Å². The summed E-state index contributed by atoms with van der Waals surface area (Å²) >= 11 is 0. The number of nitrogens with one attached hydrogen (secondary N) is 1. The standard InChI is InChI=1S/C25H30FN5O/c1-16-6-8-19-17(13-27-22(19)10-16)11-23-28-24(29-31(23)14-25(2,3)15-32)20-9-7-18(30(4)5)12-21(20)26/h6-10,12-13,27,32H,11,14-15H2,1-5H3. The number of aryl methyl sites for hydroxylation is 1. The van der Waals surface area contributed by atoms with Crippen molar-refractivity contribution in [2.75, 3.05) is 25.6 Å². The van der Waals surface area contributed by atoms with Crippen LogP contribution < -0.4 is 4.90 Å². The molecule has 0 fully saturated rings. The maximum absolute atomic E-state index is 14.9. The van der Waals surface area contributed by atoms with Crippen LogP contribution in [-0.2, 0) is 13.0 Å². The van der Waals surface area contributed by atoms with Crippen LogP contribution in [-0.4, -0.2) is 45.6 Å². The molecular formula is C25H30FN5O. The number of aromatic amines is 1. The predicted octanol–water partition coefficient (Wildman–Crippen LogP) is 4.55. The maximum atomic E-state index is 14.9. The summed E-state index contributed by atoms with van der Waals surface area (Å²) in [5.41, 5.74) is 4.13. The van der Waals surface area contributed by atoms with Gasteiger partial charge in [-0.2, -0.15) is 5.10 Å². The normalized spacial score (nSPS) is 12.0. The maximum Gasteiger partial charge on any atom is 0.184 e. The van der Waals surface area contributed by atoms with Gasteiger partial charge in [0.2, 0.25) is 0 Å². The predicted molar refractivity (Wildman–Crippen MR) is 126 cm³/mol. The van der Waals surface area contributed by atoms with Crippen LogP contribution in [0.15, 0.2) is 42.6 Å². The van der Waals surface area contributed by atoms with Crippen molar-refractivity contribution in [1.82, 2.24) is 19.7 Å². The third kappa shape index (κ3) is 4.39.